The van der Waals surface area contributed by atoms with E-state index in [-0.39, 0.29) is 19.3 Å². The first kappa shape index (κ1) is 14.0. The van der Waals surface area contributed by atoms with Gasteiger partial charge >= 0.3 is 5.97 Å². The van der Waals surface area contributed by atoms with E-state index in [1.807, 2.05) is 18.2 Å². The molecule has 1 aromatic rings. The number of hydrogen-bond acceptors (Lipinski definition) is 5. The van der Waals surface area contributed by atoms with Gasteiger partial charge in [-0.15, -0.1) is 5.06 Å². The van der Waals surface area contributed by atoms with Crippen LogP contribution in [0.2, 0.25) is 0 Å². The average molecular weight is 277 g/mol. The number of ether oxygens (including phenoxy) is 1. The van der Waals surface area contributed by atoms with Gasteiger partial charge in [-0.2, -0.15) is 0 Å². The van der Waals surface area contributed by atoms with Gasteiger partial charge in [0.15, 0.2) is 0 Å². The lowest BCUT2D eigenvalue weighted by Crippen LogP contribution is -2.33. The van der Waals surface area contributed by atoms with Crippen LogP contribution in [0.1, 0.15) is 26.2 Å². The molecule has 0 aromatic heterocycles. The summed E-state index contributed by atoms with van der Waals surface area (Å²) in [5.74, 6) is -1.00. The van der Waals surface area contributed by atoms with Crippen LogP contribution in [0.5, 0.6) is 5.75 Å². The standard InChI is InChI=1S/C14H15NO5/c1-10(19-11-5-3-2-4-6-11)9-14(18)20-15-12(16)7-8-13(15)17/h2-6,10H,7-9H2,1H3. The Hall–Kier alpha value is -2.37. The number of para-hydroxylation sites is 1. The van der Waals surface area contributed by atoms with Gasteiger partial charge in [0.2, 0.25) is 0 Å². The first-order valence-corrected chi connectivity index (χ1v) is 6.34. The van der Waals surface area contributed by atoms with Crippen molar-refractivity contribution in [2.24, 2.45) is 0 Å². The third-order valence-electron chi connectivity index (χ3n) is 2.73. The van der Waals surface area contributed by atoms with E-state index in [1.54, 1.807) is 19.1 Å². The fraction of sp³-hybridized carbons (Fsp3) is 0.357. The fourth-order valence-electron chi connectivity index (χ4n) is 1.80. The summed E-state index contributed by atoms with van der Waals surface area (Å²) >= 11 is 0. The number of carbonyl (C=O) groups is 3. The molecule has 1 heterocycles. The van der Waals surface area contributed by atoms with Gasteiger partial charge < -0.3 is 9.57 Å². The van der Waals surface area contributed by atoms with Crippen LogP contribution in [0, 0.1) is 0 Å². The Labute approximate surface area is 116 Å². The van der Waals surface area contributed by atoms with Crippen LogP contribution >= 0.6 is 0 Å². The molecule has 1 aliphatic rings. The summed E-state index contributed by atoms with van der Waals surface area (Å²) in [6, 6.07) is 9.05. The highest BCUT2D eigenvalue weighted by molar-refractivity contribution is 6.01. The molecule has 0 N–H and O–H groups in total. The van der Waals surface area contributed by atoms with Crippen LogP contribution in [-0.4, -0.2) is 29.0 Å². The lowest BCUT2D eigenvalue weighted by atomic mass is 10.3. The molecule has 0 spiro atoms. The molecule has 0 aliphatic carbocycles. The van der Waals surface area contributed by atoms with E-state index in [1.165, 1.54) is 0 Å². The van der Waals surface area contributed by atoms with Crippen molar-refractivity contribution in [3.8, 4) is 5.75 Å². The summed E-state index contributed by atoms with van der Waals surface area (Å²) in [6.45, 7) is 1.71. The minimum atomic E-state index is -0.669. The Morgan fingerprint density at radius 1 is 1.20 bits per heavy atom. The smallest absolute Gasteiger partial charge is 0.336 e. The Morgan fingerprint density at radius 3 is 2.40 bits per heavy atom. The van der Waals surface area contributed by atoms with Crippen molar-refractivity contribution in [1.29, 1.82) is 0 Å². The zero-order valence-electron chi connectivity index (χ0n) is 11.1. The maximum atomic E-state index is 11.6. The highest BCUT2D eigenvalue weighted by atomic mass is 16.7. The molecular weight excluding hydrogens is 262 g/mol. The largest absolute Gasteiger partial charge is 0.490 e. The average Bonchev–Trinajstić information content (AvgIpc) is 2.71. The molecule has 1 aliphatic heterocycles. The van der Waals surface area contributed by atoms with Crippen molar-refractivity contribution in [2.45, 2.75) is 32.3 Å². The van der Waals surface area contributed by atoms with Crippen LogP contribution in [-0.2, 0) is 19.2 Å². The Balaban J connectivity index is 1.82. The molecule has 1 saturated heterocycles. The zero-order valence-corrected chi connectivity index (χ0v) is 11.1. The van der Waals surface area contributed by atoms with Crippen molar-refractivity contribution in [2.75, 3.05) is 0 Å². The molecule has 1 fully saturated rings. The SMILES string of the molecule is CC(CC(=O)ON1C(=O)CCC1=O)Oc1ccccc1. The Morgan fingerprint density at radius 2 is 1.80 bits per heavy atom. The fourth-order valence-corrected chi connectivity index (χ4v) is 1.80. The Bertz CT molecular complexity index is 498. The van der Waals surface area contributed by atoms with Crippen LogP contribution in [0.3, 0.4) is 0 Å². The second-order valence-corrected chi connectivity index (χ2v) is 4.49. The summed E-state index contributed by atoms with van der Waals surface area (Å²) in [7, 11) is 0. The highest BCUT2D eigenvalue weighted by Crippen LogP contribution is 2.15. The van der Waals surface area contributed by atoms with E-state index >= 15 is 0 Å². The van der Waals surface area contributed by atoms with E-state index in [2.05, 4.69) is 0 Å². The summed E-state index contributed by atoms with van der Waals surface area (Å²) in [5.41, 5.74) is 0. The summed E-state index contributed by atoms with van der Waals surface area (Å²) in [5, 5.41) is 0.539. The summed E-state index contributed by atoms with van der Waals surface area (Å²) in [6.07, 6.45) is -0.297. The van der Waals surface area contributed by atoms with E-state index in [4.69, 9.17) is 9.57 Å². The van der Waals surface area contributed by atoms with Crippen LogP contribution < -0.4 is 4.74 Å². The maximum Gasteiger partial charge on any atom is 0.336 e. The van der Waals surface area contributed by atoms with E-state index in [0.29, 0.717) is 10.8 Å². The second-order valence-electron chi connectivity index (χ2n) is 4.49. The number of amides is 2. The number of hydrogen-bond donors (Lipinski definition) is 0. The van der Waals surface area contributed by atoms with Crippen LogP contribution in [0.15, 0.2) is 30.3 Å². The topological polar surface area (TPSA) is 72.9 Å². The minimum absolute atomic E-state index is 0.0496. The van der Waals surface area contributed by atoms with E-state index < -0.39 is 23.9 Å². The molecular formula is C14H15NO5. The lowest BCUT2D eigenvalue weighted by molar-refractivity contribution is -0.198. The molecule has 0 radical (unpaired) electrons. The predicted molar refractivity (Wildman–Crippen MR) is 68.3 cm³/mol. The van der Waals surface area contributed by atoms with Gasteiger partial charge in [-0.05, 0) is 19.1 Å². The van der Waals surface area contributed by atoms with Gasteiger partial charge in [0.05, 0.1) is 6.42 Å². The number of imide groups is 1. The first-order chi connectivity index (χ1) is 9.56. The van der Waals surface area contributed by atoms with Gasteiger partial charge in [-0.3, -0.25) is 9.59 Å². The summed E-state index contributed by atoms with van der Waals surface area (Å²) < 4.78 is 5.51. The Kier molecular flexibility index (Phi) is 4.34. The number of carbonyl (C=O) groups excluding carboxylic acids is 3. The number of hydroxylamine groups is 2. The van der Waals surface area contributed by atoms with Gasteiger partial charge in [0, 0.05) is 12.8 Å². The molecule has 0 saturated carbocycles. The molecule has 106 valence electrons. The van der Waals surface area contributed by atoms with Gasteiger partial charge in [0.1, 0.15) is 11.9 Å². The maximum absolute atomic E-state index is 11.6. The third kappa shape index (κ3) is 3.57. The van der Waals surface area contributed by atoms with Crippen molar-refractivity contribution in [3.63, 3.8) is 0 Å². The molecule has 1 unspecified atom stereocenters. The molecule has 6 nitrogen and oxygen atoms in total. The molecule has 20 heavy (non-hydrogen) atoms. The van der Waals surface area contributed by atoms with Gasteiger partial charge in [-0.25, -0.2) is 4.79 Å². The van der Waals surface area contributed by atoms with E-state index in [0.717, 1.165) is 0 Å². The van der Waals surface area contributed by atoms with Crippen molar-refractivity contribution < 1.29 is 24.0 Å². The van der Waals surface area contributed by atoms with Gasteiger partial charge in [0.25, 0.3) is 11.8 Å². The second kappa shape index (κ2) is 6.18. The molecule has 1 atom stereocenters. The van der Waals surface area contributed by atoms with Crippen molar-refractivity contribution in [3.05, 3.63) is 30.3 Å². The van der Waals surface area contributed by atoms with Gasteiger partial charge in [-0.1, -0.05) is 18.2 Å². The zero-order chi connectivity index (χ0) is 14.5. The quantitative estimate of drug-likeness (QED) is 0.762. The number of rotatable bonds is 5. The van der Waals surface area contributed by atoms with Crippen LogP contribution in [0.25, 0.3) is 0 Å². The van der Waals surface area contributed by atoms with Crippen molar-refractivity contribution >= 4 is 17.8 Å². The van der Waals surface area contributed by atoms with Crippen LogP contribution in [0.4, 0.5) is 0 Å². The monoisotopic (exact) mass is 277 g/mol. The third-order valence-corrected chi connectivity index (χ3v) is 2.73. The molecule has 0 bridgehead atoms. The minimum Gasteiger partial charge on any atom is -0.490 e. The van der Waals surface area contributed by atoms with Crippen molar-refractivity contribution in [1.82, 2.24) is 5.06 Å². The normalized spacial score (nSPS) is 16.1. The summed E-state index contributed by atoms with van der Waals surface area (Å²) in [4.78, 5) is 39.0. The lowest BCUT2D eigenvalue weighted by Gasteiger charge is -2.16. The molecule has 1 aromatic carbocycles. The number of benzene rings is 1. The van der Waals surface area contributed by atoms with E-state index in [9.17, 15) is 14.4 Å². The number of nitrogens with zero attached hydrogens (tertiary/aromatic N) is 1. The predicted octanol–water partition coefficient (Wildman–Crippen LogP) is 1.45. The first-order valence-electron chi connectivity index (χ1n) is 6.34. The highest BCUT2D eigenvalue weighted by Gasteiger charge is 2.33. The molecule has 6 heteroatoms. The molecule has 2 rings (SSSR count). The molecule has 2 amide bonds.